The first kappa shape index (κ1) is 23.5. The van der Waals surface area contributed by atoms with E-state index in [0.29, 0.717) is 38.9 Å². The molecule has 0 N–H and O–H groups in total. The van der Waals surface area contributed by atoms with Crippen molar-refractivity contribution in [1.82, 2.24) is 14.7 Å². The van der Waals surface area contributed by atoms with Crippen molar-refractivity contribution in [3.05, 3.63) is 35.9 Å². The molecule has 0 aliphatic carbocycles. The van der Waals surface area contributed by atoms with Crippen molar-refractivity contribution in [3.63, 3.8) is 0 Å². The summed E-state index contributed by atoms with van der Waals surface area (Å²) in [5.41, 5.74) is 0.992. The highest BCUT2D eigenvalue weighted by Crippen LogP contribution is 2.22. The van der Waals surface area contributed by atoms with Crippen LogP contribution in [0.1, 0.15) is 46.1 Å². The van der Waals surface area contributed by atoms with E-state index in [-0.39, 0.29) is 24.1 Å². The van der Waals surface area contributed by atoms with Crippen LogP contribution >= 0.6 is 0 Å². The molecule has 0 radical (unpaired) electrons. The molecule has 1 aromatic carbocycles. The van der Waals surface area contributed by atoms with Crippen molar-refractivity contribution >= 4 is 12.0 Å². The predicted molar refractivity (Wildman–Crippen MR) is 120 cm³/mol. The molecular weight excluding hydrogens is 394 g/mol. The molecule has 3 rings (SSSR count). The molecule has 172 valence electrons. The van der Waals surface area contributed by atoms with Gasteiger partial charge in [0, 0.05) is 44.3 Å². The molecule has 2 amide bonds. The number of rotatable bonds is 6. The highest BCUT2D eigenvalue weighted by atomic mass is 16.6. The minimum absolute atomic E-state index is 0.0802. The van der Waals surface area contributed by atoms with Crippen molar-refractivity contribution in [3.8, 4) is 0 Å². The number of likely N-dealkylation sites (tertiary alicyclic amines) is 1. The number of amides is 2. The number of hydrogen-bond acceptors (Lipinski definition) is 5. The number of ether oxygens (including phenoxy) is 2. The summed E-state index contributed by atoms with van der Waals surface area (Å²) >= 11 is 0. The van der Waals surface area contributed by atoms with Gasteiger partial charge in [0.1, 0.15) is 12.7 Å². The maximum Gasteiger partial charge on any atom is 0.410 e. The van der Waals surface area contributed by atoms with Crippen molar-refractivity contribution < 1.29 is 19.1 Å². The molecule has 0 saturated carbocycles. The Morgan fingerprint density at radius 2 is 1.71 bits per heavy atom. The maximum atomic E-state index is 13.0. The van der Waals surface area contributed by atoms with Crippen LogP contribution in [0.3, 0.4) is 0 Å². The van der Waals surface area contributed by atoms with Crippen molar-refractivity contribution in [2.75, 3.05) is 32.8 Å². The molecule has 2 heterocycles. The summed E-state index contributed by atoms with van der Waals surface area (Å²) in [6.07, 6.45) is 1.12. The van der Waals surface area contributed by atoms with Crippen LogP contribution in [0.4, 0.5) is 4.79 Å². The molecule has 31 heavy (non-hydrogen) atoms. The molecule has 1 unspecified atom stereocenters. The van der Waals surface area contributed by atoms with Crippen molar-refractivity contribution in [2.45, 2.75) is 71.4 Å². The van der Waals surface area contributed by atoms with Gasteiger partial charge in [-0.15, -0.1) is 0 Å². The van der Waals surface area contributed by atoms with E-state index in [9.17, 15) is 9.59 Å². The van der Waals surface area contributed by atoms with Crippen LogP contribution < -0.4 is 0 Å². The quantitative estimate of drug-likeness (QED) is 0.693. The molecule has 7 heteroatoms. The number of hydrogen-bond donors (Lipinski definition) is 0. The summed E-state index contributed by atoms with van der Waals surface area (Å²) in [6.45, 7) is 11.9. The highest BCUT2D eigenvalue weighted by Gasteiger charge is 2.36. The van der Waals surface area contributed by atoms with E-state index in [1.54, 1.807) is 4.90 Å². The van der Waals surface area contributed by atoms with Gasteiger partial charge in [0.2, 0.25) is 0 Å². The third-order valence-corrected chi connectivity index (χ3v) is 6.18. The van der Waals surface area contributed by atoms with Crippen LogP contribution in [0.25, 0.3) is 0 Å². The van der Waals surface area contributed by atoms with E-state index in [4.69, 9.17) is 9.47 Å². The maximum absolute atomic E-state index is 13.0. The fraction of sp³-hybridized carbons (Fsp3) is 0.667. The Balaban J connectivity index is 1.47. The Morgan fingerprint density at radius 1 is 1.06 bits per heavy atom. The van der Waals surface area contributed by atoms with Gasteiger partial charge in [-0.2, -0.15) is 0 Å². The normalized spacial score (nSPS) is 20.8. The molecule has 0 bridgehead atoms. The van der Waals surface area contributed by atoms with E-state index >= 15 is 0 Å². The largest absolute Gasteiger partial charge is 0.445 e. The molecule has 1 atom stereocenters. The van der Waals surface area contributed by atoms with Gasteiger partial charge in [-0.3, -0.25) is 9.69 Å². The third kappa shape index (κ3) is 6.20. The fourth-order valence-corrected chi connectivity index (χ4v) is 4.65. The van der Waals surface area contributed by atoms with Gasteiger partial charge in [0.15, 0.2) is 0 Å². The Bertz CT molecular complexity index is 709. The van der Waals surface area contributed by atoms with Crippen LogP contribution in [0.5, 0.6) is 0 Å². The molecule has 0 spiro atoms. The van der Waals surface area contributed by atoms with E-state index < -0.39 is 6.10 Å². The Morgan fingerprint density at radius 3 is 2.32 bits per heavy atom. The standard InChI is InChI=1S/C24H37N3O4/c1-18(2)27(19(3)4)23(28)22-16-26(14-15-30-22)21-10-12-25(13-11-21)24(29)31-17-20-8-6-5-7-9-20/h5-9,18-19,21-22H,10-17H2,1-4H3. The molecule has 2 aliphatic heterocycles. The van der Waals surface area contributed by atoms with Crippen LogP contribution in [-0.2, 0) is 20.9 Å². The number of carbonyl (C=O) groups is 2. The molecule has 1 aromatic rings. The second-order valence-corrected chi connectivity index (χ2v) is 9.05. The van der Waals surface area contributed by atoms with Crippen LogP contribution in [-0.4, -0.2) is 83.7 Å². The van der Waals surface area contributed by atoms with Gasteiger partial charge >= 0.3 is 6.09 Å². The number of carbonyl (C=O) groups excluding carboxylic acids is 2. The molecular formula is C24H37N3O4. The lowest BCUT2D eigenvalue weighted by molar-refractivity contribution is -0.154. The second-order valence-electron chi connectivity index (χ2n) is 9.05. The lowest BCUT2D eigenvalue weighted by Crippen LogP contribution is -2.57. The van der Waals surface area contributed by atoms with Crippen molar-refractivity contribution in [2.24, 2.45) is 0 Å². The van der Waals surface area contributed by atoms with E-state index in [1.165, 1.54) is 0 Å². The average Bonchev–Trinajstić information content (AvgIpc) is 2.78. The van der Waals surface area contributed by atoms with Gasteiger partial charge in [-0.05, 0) is 46.1 Å². The third-order valence-electron chi connectivity index (χ3n) is 6.18. The first-order valence-electron chi connectivity index (χ1n) is 11.5. The minimum atomic E-state index is -0.410. The first-order valence-corrected chi connectivity index (χ1v) is 11.5. The topological polar surface area (TPSA) is 62.3 Å². The monoisotopic (exact) mass is 431 g/mol. The lowest BCUT2D eigenvalue weighted by Gasteiger charge is -2.43. The molecule has 2 aliphatic rings. The number of morpholine rings is 1. The molecule has 7 nitrogen and oxygen atoms in total. The summed E-state index contributed by atoms with van der Waals surface area (Å²) in [5, 5.41) is 0. The van der Waals surface area contributed by atoms with Crippen LogP contribution in [0.2, 0.25) is 0 Å². The Labute approximate surface area is 186 Å². The zero-order valence-electron chi connectivity index (χ0n) is 19.3. The van der Waals surface area contributed by atoms with E-state index in [0.717, 1.165) is 24.9 Å². The summed E-state index contributed by atoms with van der Waals surface area (Å²) in [4.78, 5) is 31.5. The molecule has 0 aromatic heterocycles. The zero-order chi connectivity index (χ0) is 22.4. The summed E-state index contributed by atoms with van der Waals surface area (Å²) < 4.78 is 11.3. The van der Waals surface area contributed by atoms with E-state index in [1.807, 2.05) is 62.9 Å². The van der Waals surface area contributed by atoms with Crippen LogP contribution in [0, 0.1) is 0 Å². The van der Waals surface area contributed by atoms with Gasteiger partial charge < -0.3 is 19.3 Å². The van der Waals surface area contributed by atoms with Gasteiger partial charge in [-0.1, -0.05) is 30.3 Å². The van der Waals surface area contributed by atoms with E-state index in [2.05, 4.69) is 4.90 Å². The Hall–Kier alpha value is -2.12. The molecule has 2 fully saturated rings. The fourth-order valence-electron chi connectivity index (χ4n) is 4.65. The summed E-state index contributed by atoms with van der Waals surface area (Å²) in [6, 6.07) is 10.4. The van der Waals surface area contributed by atoms with Gasteiger partial charge in [0.25, 0.3) is 5.91 Å². The number of benzene rings is 1. The van der Waals surface area contributed by atoms with Crippen LogP contribution in [0.15, 0.2) is 30.3 Å². The Kier molecular flexibility index (Phi) is 8.32. The predicted octanol–water partition coefficient (Wildman–Crippen LogP) is 3.13. The van der Waals surface area contributed by atoms with Gasteiger partial charge in [-0.25, -0.2) is 4.79 Å². The second kappa shape index (κ2) is 11.0. The SMILES string of the molecule is CC(C)N(C(=O)C1CN(C2CCN(C(=O)OCc3ccccc3)CC2)CCO1)C(C)C. The smallest absolute Gasteiger partial charge is 0.410 e. The highest BCUT2D eigenvalue weighted by molar-refractivity contribution is 5.82. The number of nitrogens with zero attached hydrogens (tertiary/aromatic N) is 3. The molecule has 2 saturated heterocycles. The summed E-state index contributed by atoms with van der Waals surface area (Å²) in [7, 11) is 0. The van der Waals surface area contributed by atoms with Gasteiger partial charge in [0.05, 0.1) is 6.61 Å². The summed E-state index contributed by atoms with van der Waals surface area (Å²) in [5.74, 6) is 0.0802. The zero-order valence-corrected chi connectivity index (χ0v) is 19.3. The average molecular weight is 432 g/mol. The first-order chi connectivity index (χ1) is 14.9. The minimum Gasteiger partial charge on any atom is -0.445 e. The number of piperidine rings is 1. The van der Waals surface area contributed by atoms with Crippen molar-refractivity contribution in [1.29, 1.82) is 0 Å². The lowest BCUT2D eigenvalue weighted by atomic mass is 10.0.